The van der Waals surface area contributed by atoms with E-state index in [1.165, 1.54) is 0 Å². The fraction of sp³-hybridized carbons (Fsp3) is 0.538. The van der Waals surface area contributed by atoms with Crippen LogP contribution >= 0.6 is 0 Å². The first-order valence-corrected chi connectivity index (χ1v) is 8.44. The van der Waals surface area contributed by atoms with Crippen LogP contribution in [0.2, 0.25) is 0 Å². The Bertz CT molecular complexity index is 741. The van der Waals surface area contributed by atoms with Gasteiger partial charge >= 0.3 is 21.8 Å². The van der Waals surface area contributed by atoms with Gasteiger partial charge in [-0.3, -0.25) is 0 Å². The van der Waals surface area contributed by atoms with Crippen LogP contribution in [0.5, 0.6) is 5.75 Å². The SMILES string of the molecule is CNc1c(NCC2CC2)ccc(OS(=O)(=O)C(F)(F)F)c1C(F)(F)F. The number of halogens is 6. The number of hydrogen-bond donors (Lipinski definition) is 2. The molecular formula is C13H14F6N2O3S. The van der Waals surface area contributed by atoms with Crippen LogP contribution in [0.1, 0.15) is 18.4 Å². The third-order valence-electron chi connectivity index (χ3n) is 3.46. The fourth-order valence-corrected chi connectivity index (χ4v) is 2.55. The van der Waals surface area contributed by atoms with Crippen LogP contribution in [0.15, 0.2) is 12.1 Å². The molecule has 0 saturated heterocycles. The summed E-state index contributed by atoms with van der Waals surface area (Å²) in [6, 6.07) is 1.58. The molecule has 0 unspecified atom stereocenters. The molecule has 142 valence electrons. The zero-order valence-electron chi connectivity index (χ0n) is 12.8. The number of anilines is 2. The van der Waals surface area contributed by atoms with Gasteiger partial charge in [-0.2, -0.15) is 34.8 Å². The van der Waals surface area contributed by atoms with Gasteiger partial charge in [0.25, 0.3) is 0 Å². The number of alkyl halides is 6. The van der Waals surface area contributed by atoms with E-state index in [4.69, 9.17) is 0 Å². The molecule has 1 aliphatic carbocycles. The van der Waals surface area contributed by atoms with Gasteiger partial charge in [0.15, 0.2) is 5.75 Å². The van der Waals surface area contributed by atoms with Gasteiger partial charge in [-0.05, 0) is 30.9 Å². The summed E-state index contributed by atoms with van der Waals surface area (Å²) in [6.45, 7) is 0.396. The van der Waals surface area contributed by atoms with Gasteiger partial charge in [-0.1, -0.05) is 0 Å². The van der Waals surface area contributed by atoms with Crippen LogP contribution in [-0.4, -0.2) is 27.5 Å². The highest BCUT2D eigenvalue weighted by molar-refractivity contribution is 7.88. The molecule has 25 heavy (non-hydrogen) atoms. The lowest BCUT2D eigenvalue weighted by molar-refractivity contribution is -0.137. The summed E-state index contributed by atoms with van der Waals surface area (Å²) < 4.78 is 103. The monoisotopic (exact) mass is 392 g/mol. The first-order chi connectivity index (χ1) is 11.4. The Hall–Kier alpha value is -1.85. The second kappa shape index (κ2) is 6.46. The molecule has 0 aromatic heterocycles. The van der Waals surface area contributed by atoms with E-state index in [9.17, 15) is 34.8 Å². The molecule has 1 aromatic carbocycles. The summed E-state index contributed by atoms with van der Waals surface area (Å²) in [4.78, 5) is 0. The van der Waals surface area contributed by atoms with E-state index in [1.807, 2.05) is 0 Å². The highest BCUT2D eigenvalue weighted by atomic mass is 32.2. The summed E-state index contributed by atoms with van der Waals surface area (Å²) >= 11 is 0. The maximum atomic E-state index is 13.3. The van der Waals surface area contributed by atoms with Crippen LogP contribution in [0.25, 0.3) is 0 Å². The first kappa shape index (κ1) is 19.5. The average molecular weight is 392 g/mol. The molecule has 0 aliphatic heterocycles. The second-order valence-corrected chi connectivity index (χ2v) is 6.95. The Morgan fingerprint density at radius 1 is 1.16 bits per heavy atom. The minimum atomic E-state index is -6.24. The average Bonchev–Trinajstić information content (AvgIpc) is 3.26. The molecule has 0 amide bonds. The smallest absolute Gasteiger partial charge is 0.386 e. The van der Waals surface area contributed by atoms with E-state index in [1.54, 1.807) is 0 Å². The lowest BCUT2D eigenvalue weighted by atomic mass is 10.1. The Morgan fingerprint density at radius 3 is 2.20 bits per heavy atom. The predicted molar refractivity (Wildman–Crippen MR) is 77.8 cm³/mol. The molecule has 1 aromatic rings. The van der Waals surface area contributed by atoms with Gasteiger partial charge in [-0.15, -0.1) is 0 Å². The van der Waals surface area contributed by atoms with Crippen LogP contribution in [-0.2, 0) is 16.3 Å². The summed E-state index contributed by atoms with van der Waals surface area (Å²) in [5.41, 5.74) is -8.09. The highest BCUT2D eigenvalue weighted by Crippen LogP contribution is 2.46. The topological polar surface area (TPSA) is 67.4 Å². The quantitative estimate of drug-likeness (QED) is 0.438. The second-order valence-electron chi connectivity index (χ2n) is 5.42. The number of rotatable bonds is 6. The van der Waals surface area contributed by atoms with E-state index in [0.29, 0.717) is 18.5 Å². The van der Waals surface area contributed by atoms with Crippen molar-refractivity contribution in [3.05, 3.63) is 17.7 Å². The first-order valence-electron chi connectivity index (χ1n) is 7.03. The van der Waals surface area contributed by atoms with E-state index in [-0.39, 0.29) is 5.69 Å². The van der Waals surface area contributed by atoms with Gasteiger partial charge in [0, 0.05) is 13.6 Å². The van der Waals surface area contributed by atoms with Crippen molar-refractivity contribution in [1.29, 1.82) is 0 Å². The Morgan fingerprint density at radius 2 is 1.76 bits per heavy atom. The van der Waals surface area contributed by atoms with Crippen LogP contribution in [0, 0.1) is 5.92 Å². The molecule has 2 N–H and O–H groups in total. The summed E-state index contributed by atoms with van der Waals surface area (Å²) in [7, 11) is -5.10. The van der Waals surface area contributed by atoms with Crippen molar-refractivity contribution in [2.24, 2.45) is 5.92 Å². The molecule has 0 spiro atoms. The number of hydrogen-bond acceptors (Lipinski definition) is 5. The van der Waals surface area contributed by atoms with Crippen molar-refractivity contribution in [2.75, 3.05) is 24.2 Å². The van der Waals surface area contributed by atoms with Crippen molar-refractivity contribution >= 4 is 21.5 Å². The van der Waals surface area contributed by atoms with Crippen molar-refractivity contribution < 1.29 is 38.9 Å². The fourth-order valence-electron chi connectivity index (χ4n) is 2.08. The van der Waals surface area contributed by atoms with Gasteiger partial charge in [0.2, 0.25) is 0 Å². The van der Waals surface area contributed by atoms with E-state index < -0.39 is 38.8 Å². The largest absolute Gasteiger partial charge is 0.534 e. The Labute approximate surface area is 139 Å². The van der Waals surface area contributed by atoms with Crippen LogP contribution in [0.3, 0.4) is 0 Å². The zero-order valence-corrected chi connectivity index (χ0v) is 13.6. The zero-order chi connectivity index (χ0) is 19.0. The summed E-state index contributed by atoms with van der Waals surface area (Å²) in [6.07, 6.45) is -3.29. The third kappa shape index (κ3) is 4.41. The number of nitrogens with one attached hydrogen (secondary N) is 2. The van der Waals surface area contributed by atoms with E-state index >= 15 is 0 Å². The van der Waals surface area contributed by atoms with E-state index in [2.05, 4.69) is 14.8 Å². The molecule has 1 saturated carbocycles. The normalized spacial score (nSPS) is 15.8. The standard InChI is InChI=1S/C13H14F6N2O3S/c1-20-11-8(21-6-7-2-3-7)4-5-9(10(11)12(14,15)16)24-25(22,23)13(17,18)19/h4-5,7,20-21H,2-3,6H2,1H3. The Balaban J connectivity index is 2.48. The minimum absolute atomic E-state index is 0.0153. The molecule has 0 atom stereocenters. The summed E-state index contributed by atoms with van der Waals surface area (Å²) in [5, 5.41) is 5.01. The highest BCUT2D eigenvalue weighted by Gasteiger charge is 2.50. The lowest BCUT2D eigenvalue weighted by Crippen LogP contribution is -2.29. The molecule has 1 aliphatic rings. The maximum absolute atomic E-state index is 13.3. The third-order valence-corrected chi connectivity index (χ3v) is 4.43. The predicted octanol–water partition coefficient (Wildman–Crippen LogP) is 3.80. The molecule has 1 fully saturated rings. The van der Waals surface area contributed by atoms with Crippen molar-refractivity contribution in [3.63, 3.8) is 0 Å². The molecule has 5 nitrogen and oxygen atoms in total. The van der Waals surface area contributed by atoms with Crippen LogP contribution in [0.4, 0.5) is 37.7 Å². The van der Waals surface area contributed by atoms with Gasteiger partial charge < -0.3 is 14.8 Å². The van der Waals surface area contributed by atoms with Crippen molar-refractivity contribution in [3.8, 4) is 5.75 Å². The molecule has 12 heteroatoms. The Kier molecular flexibility index (Phi) is 5.04. The van der Waals surface area contributed by atoms with Crippen molar-refractivity contribution in [1.82, 2.24) is 0 Å². The van der Waals surface area contributed by atoms with Gasteiger partial charge in [0.05, 0.1) is 11.4 Å². The number of benzene rings is 1. The lowest BCUT2D eigenvalue weighted by Gasteiger charge is -2.21. The van der Waals surface area contributed by atoms with Crippen molar-refractivity contribution in [2.45, 2.75) is 24.5 Å². The molecule has 2 rings (SSSR count). The van der Waals surface area contributed by atoms with Gasteiger partial charge in [-0.25, -0.2) is 0 Å². The summed E-state index contributed by atoms with van der Waals surface area (Å²) in [5.74, 6) is -1.13. The molecule has 0 bridgehead atoms. The van der Waals surface area contributed by atoms with Crippen LogP contribution < -0.4 is 14.8 Å². The minimum Gasteiger partial charge on any atom is -0.386 e. The molecular weight excluding hydrogens is 378 g/mol. The molecule has 0 radical (unpaired) electrons. The maximum Gasteiger partial charge on any atom is 0.534 e. The van der Waals surface area contributed by atoms with E-state index in [0.717, 1.165) is 26.0 Å². The van der Waals surface area contributed by atoms with Gasteiger partial charge in [0.1, 0.15) is 5.56 Å². The molecule has 0 heterocycles.